The first-order valence-electron chi connectivity index (χ1n) is 9.05. The molecule has 0 radical (unpaired) electrons. The molecule has 3 heterocycles. The summed E-state index contributed by atoms with van der Waals surface area (Å²) in [4.78, 5) is 13.2. The van der Waals surface area contributed by atoms with Crippen molar-refractivity contribution in [3.8, 4) is 5.88 Å². The summed E-state index contributed by atoms with van der Waals surface area (Å²) < 4.78 is 12.4. The van der Waals surface area contributed by atoms with Crippen LogP contribution in [0.3, 0.4) is 0 Å². The van der Waals surface area contributed by atoms with E-state index in [4.69, 9.17) is 21.1 Å². The molecule has 2 aliphatic heterocycles. The molecular weight excluding hydrogens is 372 g/mol. The Hall–Kier alpha value is -2.16. The minimum absolute atomic E-state index is 0.000456. The second-order valence-electron chi connectivity index (χ2n) is 6.85. The molecule has 0 aliphatic carbocycles. The lowest BCUT2D eigenvalue weighted by atomic mass is 10.1. The third-order valence-electron chi connectivity index (χ3n) is 5.00. The van der Waals surface area contributed by atoms with Crippen LogP contribution in [0.4, 0.5) is 5.69 Å². The molecule has 2 aliphatic rings. The lowest BCUT2D eigenvalue weighted by molar-refractivity contribution is -0.385. The van der Waals surface area contributed by atoms with Gasteiger partial charge in [0, 0.05) is 26.2 Å². The van der Waals surface area contributed by atoms with Crippen molar-refractivity contribution in [2.45, 2.75) is 32.0 Å². The number of aromatic nitrogens is 2. The highest BCUT2D eigenvalue weighted by atomic mass is 35.5. The van der Waals surface area contributed by atoms with Gasteiger partial charge in [-0.05, 0) is 24.0 Å². The molecule has 144 valence electrons. The highest BCUT2D eigenvalue weighted by Crippen LogP contribution is 2.37. The van der Waals surface area contributed by atoms with Crippen LogP contribution in [0.2, 0.25) is 5.15 Å². The monoisotopic (exact) mass is 392 g/mol. The van der Waals surface area contributed by atoms with E-state index in [0.29, 0.717) is 19.8 Å². The van der Waals surface area contributed by atoms with Crippen molar-refractivity contribution >= 4 is 17.3 Å². The zero-order valence-electron chi connectivity index (χ0n) is 14.8. The van der Waals surface area contributed by atoms with Gasteiger partial charge in [-0.25, -0.2) is 4.68 Å². The first-order chi connectivity index (χ1) is 13.1. The number of fused-ring (bicyclic) bond motifs is 1. The van der Waals surface area contributed by atoms with Crippen LogP contribution in [0.5, 0.6) is 5.88 Å². The molecule has 8 nitrogen and oxygen atoms in total. The first-order valence-corrected chi connectivity index (χ1v) is 9.43. The van der Waals surface area contributed by atoms with E-state index < -0.39 is 4.92 Å². The fourth-order valence-electron chi connectivity index (χ4n) is 3.61. The van der Waals surface area contributed by atoms with Crippen LogP contribution in [-0.4, -0.2) is 46.0 Å². The van der Waals surface area contributed by atoms with Gasteiger partial charge in [-0.3, -0.25) is 15.0 Å². The van der Waals surface area contributed by atoms with Gasteiger partial charge < -0.3 is 9.47 Å². The normalized spacial score (nSPS) is 19.4. The molecule has 2 aromatic rings. The summed E-state index contributed by atoms with van der Waals surface area (Å²) in [7, 11) is 0. The van der Waals surface area contributed by atoms with E-state index in [9.17, 15) is 10.1 Å². The molecule has 1 unspecified atom stereocenters. The molecule has 1 aromatic heterocycles. The molecule has 1 fully saturated rings. The van der Waals surface area contributed by atoms with Gasteiger partial charge in [-0.15, -0.1) is 5.10 Å². The molecule has 1 saturated heterocycles. The summed E-state index contributed by atoms with van der Waals surface area (Å²) in [6.07, 6.45) is 1.48. The minimum atomic E-state index is -0.534. The highest BCUT2D eigenvalue weighted by molar-refractivity contribution is 6.32. The Balaban J connectivity index is 1.34. The number of hydrogen-bond acceptors (Lipinski definition) is 6. The van der Waals surface area contributed by atoms with Gasteiger partial charge in [0.1, 0.15) is 0 Å². The number of ether oxygens (including phenoxy) is 2. The molecule has 4 rings (SSSR count). The van der Waals surface area contributed by atoms with E-state index in [-0.39, 0.29) is 22.8 Å². The lowest BCUT2D eigenvalue weighted by Crippen LogP contribution is -2.19. The summed E-state index contributed by atoms with van der Waals surface area (Å²) in [5, 5.41) is 15.6. The minimum Gasteiger partial charge on any atom is -0.472 e. The molecule has 0 N–H and O–H groups in total. The van der Waals surface area contributed by atoms with Gasteiger partial charge in [0.25, 0.3) is 0 Å². The van der Waals surface area contributed by atoms with Crippen molar-refractivity contribution in [3.63, 3.8) is 0 Å². The van der Waals surface area contributed by atoms with E-state index in [1.165, 1.54) is 15.8 Å². The van der Waals surface area contributed by atoms with E-state index >= 15 is 0 Å². The third-order valence-corrected chi connectivity index (χ3v) is 5.35. The standard InChI is InChI=1S/C18H21ClN4O4/c19-17-16(23(24)25)18(20-22(17)15-6-9-26-12-15)27-8-3-7-21-10-13-4-1-2-5-14(13)11-21/h1-2,4-5,15H,3,6-12H2. The average Bonchev–Trinajstić information content (AvgIpc) is 3.36. The Bertz CT molecular complexity index is 810. The first kappa shape index (κ1) is 18.2. The van der Waals surface area contributed by atoms with Crippen LogP contribution in [0, 0.1) is 10.1 Å². The highest BCUT2D eigenvalue weighted by Gasteiger charge is 2.32. The van der Waals surface area contributed by atoms with E-state index in [1.54, 1.807) is 0 Å². The van der Waals surface area contributed by atoms with Gasteiger partial charge in [-0.1, -0.05) is 35.9 Å². The van der Waals surface area contributed by atoms with E-state index in [1.807, 2.05) is 0 Å². The number of benzene rings is 1. The lowest BCUT2D eigenvalue weighted by Gasteiger charge is -2.14. The molecule has 27 heavy (non-hydrogen) atoms. The number of nitro groups is 1. The van der Waals surface area contributed by atoms with Gasteiger partial charge in [0.15, 0.2) is 0 Å². The number of hydrogen-bond donors (Lipinski definition) is 0. The maximum absolute atomic E-state index is 11.4. The van der Waals surface area contributed by atoms with Crippen molar-refractivity contribution in [1.29, 1.82) is 0 Å². The Kier molecular flexibility index (Phi) is 5.29. The molecule has 0 amide bonds. The molecule has 9 heteroatoms. The zero-order valence-corrected chi connectivity index (χ0v) is 15.6. The average molecular weight is 393 g/mol. The molecular formula is C18H21ClN4O4. The number of rotatable bonds is 7. The van der Waals surface area contributed by atoms with Crippen molar-refractivity contribution in [1.82, 2.24) is 14.7 Å². The van der Waals surface area contributed by atoms with Gasteiger partial charge >= 0.3 is 11.6 Å². The van der Waals surface area contributed by atoms with Crippen LogP contribution >= 0.6 is 11.6 Å². The molecule has 1 atom stereocenters. The topological polar surface area (TPSA) is 82.7 Å². The fourth-order valence-corrected chi connectivity index (χ4v) is 3.94. The molecule has 0 spiro atoms. The molecule has 0 bridgehead atoms. The number of nitrogens with zero attached hydrogens (tertiary/aromatic N) is 4. The van der Waals surface area contributed by atoms with Gasteiger partial charge in [0.05, 0.1) is 24.2 Å². The maximum atomic E-state index is 11.4. The van der Waals surface area contributed by atoms with Gasteiger partial charge in [0.2, 0.25) is 5.15 Å². The third kappa shape index (κ3) is 3.78. The summed E-state index contributed by atoms with van der Waals surface area (Å²) in [6, 6.07) is 8.32. The quantitative estimate of drug-likeness (QED) is 0.409. The van der Waals surface area contributed by atoms with Crippen molar-refractivity contribution in [3.05, 3.63) is 50.7 Å². The van der Waals surface area contributed by atoms with Crippen molar-refractivity contribution in [2.24, 2.45) is 0 Å². The predicted octanol–water partition coefficient (Wildman–Crippen LogP) is 3.19. The fraction of sp³-hybridized carbons (Fsp3) is 0.500. The summed E-state index contributed by atoms with van der Waals surface area (Å²) in [6.45, 7) is 4.11. The Labute approximate surface area is 161 Å². The Morgan fingerprint density at radius 3 is 2.70 bits per heavy atom. The molecule has 0 saturated carbocycles. The van der Waals surface area contributed by atoms with Crippen molar-refractivity contribution < 1.29 is 14.4 Å². The Morgan fingerprint density at radius 1 is 1.33 bits per heavy atom. The number of halogens is 1. The zero-order chi connectivity index (χ0) is 18.8. The van der Waals surface area contributed by atoms with Crippen molar-refractivity contribution in [2.75, 3.05) is 26.4 Å². The van der Waals surface area contributed by atoms with E-state index in [2.05, 4.69) is 34.3 Å². The van der Waals surface area contributed by atoms with E-state index in [0.717, 1.165) is 32.5 Å². The SMILES string of the molecule is O=[N+]([O-])c1c(OCCCN2Cc3ccccc3C2)nn(C2CCOC2)c1Cl. The van der Waals surface area contributed by atoms with Crippen LogP contribution in [0.15, 0.2) is 24.3 Å². The second-order valence-corrected chi connectivity index (χ2v) is 7.20. The van der Waals surface area contributed by atoms with Crippen LogP contribution < -0.4 is 4.74 Å². The summed E-state index contributed by atoms with van der Waals surface area (Å²) in [5.74, 6) is -0.0124. The summed E-state index contributed by atoms with van der Waals surface area (Å²) in [5.41, 5.74) is 2.45. The van der Waals surface area contributed by atoms with Crippen LogP contribution in [0.1, 0.15) is 30.0 Å². The maximum Gasteiger partial charge on any atom is 0.368 e. The smallest absolute Gasteiger partial charge is 0.368 e. The Morgan fingerprint density at radius 2 is 2.07 bits per heavy atom. The van der Waals surface area contributed by atoms with Gasteiger partial charge in [-0.2, -0.15) is 0 Å². The largest absolute Gasteiger partial charge is 0.472 e. The second kappa shape index (κ2) is 7.84. The summed E-state index contributed by atoms with van der Waals surface area (Å²) >= 11 is 6.19. The predicted molar refractivity (Wildman–Crippen MR) is 99.0 cm³/mol. The van der Waals surface area contributed by atoms with Crippen LogP contribution in [-0.2, 0) is 17.8 Å². The molecule has 1 aromatic carbocycles. The van der Waals surface area contributed by atoms with Crippen LogP contribution in [0.25, 0.3) is 0 Å².